The van der Waals surface area contributed by atoms with Gasteiger partial charge < -0.3 is 9.64 Å². The van der Waals surface area contributed by atoms with Crippen LogP contribution in [0.25, 0.3) is 0 Å². The average molecular weight is 441 g/mol. The van der Waals surface area contributed by atoms with E-state index in [4.69, 9.17) is 4.74 Å². The fourth-order valence-electron chi connectivity index (χ4n) is 3.37. The lowest BCUT2D eigenvalue weighted by Gasteiger charge is -2.35. The minimum absolute atomic E-state index is 0.0633. The lowest BCUT2D eigenvalue weighted by molar-refractivity contribution is -0.133. The van der Waals surface area contributed by atoms with Crippen LogP contribution in [0.2, 0.25) is 0 Å². The third-order valence-electron chi connectivity index (χ3n) is 4.81. The first kappa shape index (κ1) is 19.2. The van der Waals surface area contributed by atoms with E-state index in [1.165, 1.54) is 4.90 Å². The molecule has 0 bridgehead atoms. The third-order valence-corrected chi connectivity index (χ3v) is 6.27. The third kappa shape index (κ3) is 4.23. The summed E-state index contributed by atoms with van der Waals surface area (Å²) < 4.78 is 6.09. The number of hydrogen-bond acceptors (Lipinski definition) is 5. The zero-order chi connectivity index (χ0) is 18.7. The second kappa shape index (κ2) is 8.43. The SMILES string of the molecule is COc1ccc(CCC(=O)N2CCC(N3C(=O)CSC3=O)CC2)cc1Br. The van der Waals surface area contributed by atoms with Crippen LogP contribution in [0.15, 0.2) is 22.7 Å². The van der Waals surface area contributed by atoms with Crippen LogP contribution in [0, 0.1) is 0 Å². The monoisotopic (exact) mass is 440 g/mol. The first-order chi connectivity index (χ1) is 12.5. The Balaban J connectivity index is 1.49. The van der Waals surface area contributed by atoms with Gasteiger partial charge in [0.25, 0.3) is 5.24 Å². The number of carbonyl (C=O) groups is 3. The molecule has 8 heteroatoms. The summed E-state index contributed by atoms with van der Waals surface area (Å²) in [5.41, 5.74) is 1.08. The van der Waals surface area contributed by atoms with E-state index in [1.807, 2.05) is 23.1 Å². The maximum Gasteiger partial charge on any atom is 0.289 e. The molecule has 1 aromatic rings. The minimum Gasteiger partial charge on any atom is -0.496 e. The van der Waals surface area contributed by atoms with Crippen LogP contribution in [0.5, 0.6) is 5.75 Å². The molecule has 0 atom stereocenters. The summed E-state index contributed by atoms with van der Waals surface area (Å²) in [6, 6.07) is 5.76. The zero-order valence-electron chi connectivity index (χ0n) is 14.6. The molecule has 0 radical (unpaired) electrons. The highest BCUT2D eigenvalue weighted by Gasteiger charge is 2.37. The average Bonchev–Trinajstić information content (AvgIpc) is 2.98. The Kier molecular flexibility index (Phi) is 6.24. The number of amides is 3. The van der Waals surface area contributed by atoms with Crippen molar-refractivity contribution in [1.82, 2.24) is 9.80 Å². The summed E-state index contributed by atoms with van der Waals surface area (Å²) in [5, 5.41) is -0.148. The predicted molar refractivity (Wildman–Crippen MR) is 103 cm³/mol. The molecule has 2 heterocycles. The van der Waals surface area contributed by atoms with Crippen molar-refractivity contribution in [2.45, 2.75) is 31.7 Å². The Bertz CT molecular complexity index is 703. The fourth-order valence-corrected chi connectivity index (χ4v) is 4.73. The van der Waals surface area contributed by atoms with Crippen LogP contribution in [0.4, 0.5) is 4.79 Å². The number of ether oxygens (including phenoxy) is 1. The lowest BCUT2D eigenvalue weighted by Crippen LogP contribution is -2.48. The lowest BCUT2D eigenvalue weighted by atomic mass is 10.0. The summed E-state index contributed by atoms with van der Waals surface area (Å²) in [5.74, 6) is 1.03. The van der Waals surface area contributed by atoms with Gasteiger partial charge in [0.05, 0.1) is 17.3 Å². The van der Waals surface area contributed by atoms with E-state index in [2.05, 4.69) is 15.9 Å². The fraction of sp³-hybridized carbons (Fsp3) is 0.500. The number of imide groups is 1. The molecule has 0 unspecified atom stereocenters. The molecule has 2 saturated heterocycles. The number of methoxy groups -OCH3 is 1. The number of hydrogen-bond donors (Lipinski definition) is 0. The number of aryl methyl sites for hydroxylation is 1. The van der Waals surface area contributed by atoms with Crippen molar-refractivity contribution >= 4 is 44.7 Å². The molecular weight excluding hydrogens is 420 g/mol. The first-order valence-corrected chi connectivity index (χ1v) is 10.4. The summed E-state index contributed by atoms with van der Waals surface area (Å²) in [7, 11) is 1.62. The zero-order valence-corrected chi connectivity index (χ0v) is 17.0. The van der Waals surface area contributed by atoms with Gasteiger partial charge in [0.1, 0.15) is 5.75 Å². The highest BCUT2D eigenvalue weighted by Crippen LogP contribution is 2.28. The van der Waals surface area contributed by atoms with E-state index in [1.54, 1.807) is 7.11 Å². The molecule has 3 amide bonds. The largest absolute Gasteiger partial charge is 0.496 e. The first-order valence-electron chi connectivity index (χ1n) is 8.58. The Hall–Kier alpha value is -1.54. The number of rotatable bonds is 5. The van der Waals surface area contributed by atoms with Crippen molar-refractivity contribution < 1.29 is 19.1 Å². The smallest absolute Gasteiger partial charge is 0.289 e. The summed E-state index contributed by atoms with van der Waals surface area (Å²) >= 11 is 4.53. The van der Waals surface area contributed by atoms with Crippen LogP contribution >= 0.6 is 27.7 Å². The van der Waals surface area contributed by atoms with Gasteiger partial charge in [-0.15, -0.1) is 0 Å². The number of carbonyl (C=O) groups excluding carboxylic acids is 3. The Morgan fingerprint density at radius 3 is 2.62 bits per heavy atom. The van der Waals surface area contributed by atoms with Gasteiger partial charge in [-0.1, -0.05) is 17.8 Å². The number of halogens is 1. The molecule has 2 aliphatic heterocycles. The number of likely N-dealkylation sites (tertiary alicyclic amines) is 1. The van der Waals surface area contributed by atoms with E-state index < -0.39 is 0 Å². The highest BCUT2D eigenvalue weighted by molar-refractivity contribution is 9.10. The van der Waals surface area contributed by atoms with Gasteiger partial charge in [-0.25, -0.2) is 0 Å². The van der Waals surface area contributed by atoms with Crippen LogP contribution in [-0.4, -0.2) is 58.8 Å². The van der Waals surface area contributed by atoms with E-state index in [0.717, 1.165) is 27.5 Å². The van der Waals surface area contributed by atoms with Crippen molar-refractivity contribution in [3.63, 3.8) is 0 Å². The van der Waals surface area contributed by atoms with E-state index in [-0.39, 0.29) is 28.8 Å². The molecule has 26 heavy (non-hydrogen) atoms. The maximum absolute atomic E-state index is 12.5. The standard InChI is InChI=1S/C18H21BrN2O4S/c1-25-15-4-2-12(10-14(15)19)3-5-16(22)20-8-6-13(7-9-20)21-17(23)11-26-18(21)24/h2,4,10,13H,3,5-9,11H2,1H3. The van der Waals surface area contributed by atoms with Crippen LogP contribution in [-0.2, 0) is 16.0 Å². The number of thioether (sulfide) groups is 1. The van der Waals surface area contributed by atoms with Crippen LogP contribution in [0.1, 0.15) is 24.8 Å². The minimum atomic E-state index is -0.148. The molecule has 0 aromatic heterocycles. The number of benzene rings is 1. The van der Waals surface area contributed by atoms with Crippen LogP contribution in [0.3, 0.4) is 0 Å². The van der Waals surface area contributed by atoms with Crippen molar-refractivity contribution in [3.05, 3.63) is 28.2 Å². The topological polar surface area (TPSA) is 66.9 Å². The van der Waals surface area contributed by atoms with E-state index in [0.29, 0.717) is 38.8 Å². The second-order valence-electron chi connectivity index (χ2n) is 6.40. The van der Waals surface area contributed by atoms with Gasteiger partial charge >= 0.3 is 0 Å². The molecule has 6 nitrogen and oxygen atoms in total. The number of nitrogens with zero attached hydrogens (tertiary/aromatic N) is 2. The van der Waals surface area contributed by atoms with E-state index in [9.17, 15) is 14.4 Å². The van der Waals surface area contributed by atoms with Crippen molar-refractivity contribution in [2.24, 2.45) is 0 Å². The molecule has 3 rings (SSSR count). The van der Waals surface area contributed by atoms with Crippen molar-refractivity contribution in [3.8, 4) is 5.75 Å². The molecule has 1 aromatic carbocycles. The van der Waals surface area contributed by atoms with Gasteiger partial charge in [-0.2, -0.15) is 0 Å². The molecule has 2 fully saturated rings. The highest BCUT2D eigenvalue weighted by atomic mass is 79.9. The molecule has 0 aliphatic carbocycles. The summed E-state index contributed by atoms with van der Waals surface area (Å²) in [4.78, 5) is 39.3. The Morgan fingerprint density at radius 2 is 2.04 bits per heavy atom. The molecule has 0 spiro atoms. The van der Waals surface area contributed by atoms with Gasteiger partial charge in [0, 0.05) is 25.6 Å². The maximum atomic E-state index is 12.5. The van der Waals surface area contributed by atoms with Crippen LogP contribution < -0.4 is 4.74 Å². The normalized spacial score (nSPS) is 18.5. The Morgan fingerprint density at radius 1 is 1.31 bits per heavy atom. The predicted octanol–water partition coefficient (Wildman–Crippen LogP) is 3.08. The second-order valence-corrected chi connectivity index (χ2v) is 8.18. The quantitative estimate of drug-likeness (QED) is 0.703. The van der Waals surface area contributed by atoms with Crippen molar-refractivity contribution in [2.75, 3.05) is 26.0 Å². The van der Waals surface area contributed by atoms with E-state index >= 15 is 0 Å². The molecule has 140 valence electrons. The molecule has 0 saturated carbocycles. The molecule has 0 N–H and O–H groups in total. The summed E-state index contributed by atoms with van der Waals surface area (Å²) in [6.07, 6.45) is 2.44. The van der Waals surface area contributed by atoms with Crippen molar-refractivity contribution in [1.29, 1.82) is 0 Å². The molecular formula is C18H21BrN2O4S. The Labute approximate surface area is 165 Å². The molecule has 2 aliphatic rings. The van der Waals surface area contributed by atoms with Gasteiger partial charge in [0.15, 0.2) is 0 Å². The van der Waals surface area contributed by atoms with Gasteiger partial charge in [-0.05, 0) is 52.9 Å². The summed E-state index contributed by atoms with van der Waals surface area (Å²) in [6.45, 7) is 1.19. The van der Waals surface area contributed by atoms with Gasteiger partial charge in [0.2, 0.25) is 11.8 Å². The van der Waals surface area contributed by atoms with Gasteiger partial charge in [-0.3, -0.25) is 19.3 Å². The number of piperidine rings is 1.